The van der Waals surface area contributed by atoms with Crippen LogP contribution in [0, 0.1) is 12.3 Å². The van der Waals surface area contributed by atoms with Crippen molar-refractivity contribution in [3.05, 3.63) is 23.4 Å². The molecule has 0 spiro atoms. The molecule has 1 aliphatic rings. The van der Waals surface area contributed by atoms with Crippen LogP contribution in [0.5, 0.6) is 0 Å². The molecular weight excluding hydrogens is 226 g/mol. The normalized spacial score (nSPS) is 19.6. The number of nitrogen functional groups attached to an aromatic ring is 1. The molecule has 1 aromatic heterocycles. The lowest BCUT2D eigenvalue weighted by Gasteiger charge is -2.23. The molecule has 1 aromatic rings. The van der Waals surface area contributed by atoms with Crippen molar-refractivity contribution in [3.63, 3.8) is 0 Å². The summed E-state index contributed by atoms with van der Waals surface area (Å²) in [7, 11) is 4.20. The number of anilines is 1. The third kappa shape index (κ3) is 2.31. The number of nitrogens with two attached hydrogens (primary N) is 1. The van der Waals surface area contributed by atoms with Crippen molar-refractivity contribution in [1.29, 1.82) is 5.41 Å². The predicted octanol–water partition coefficient (Wildman–Crippen LogP) is 0.814. The van der Waals surface area contributed by atoms with Gasteiger partial charge in [0, 0.05) is 25.3 Å². The smallest absolute Gasteiger partial charge is 0.139 e. The van der Waals surface area contributed by atoms with Gasteiger partial charge in [-0.3, -0.25) is 5.41 Å². The van der Waals surface area contributed by atoms with Gasteiger partial charge in [0.2, 0.25) is 0 Å². The maximum atomic E-state index is 7.72. The topological polar surface area (TPSA) is 69.2 Å². The van der Waals surface area contributed by atoms with Crippen LogP contribution in [-0.2, 0) is 0 Å². The number of pyridine rings is 1. The maximum Gasteiger partial charge on any atom is 0.139 e. The van der Waals surface area contributed by atoms with Crippen molar-refractivity contribution < 1.29 is 0 Å². The van der Waals surface area contributed by atoms with Crippen molar-refractivity contribution in [3.8, 4) is 0 Å². The van der Waals surface area contributed by atoms with Gasteiger partial charge in [-0.25, -0.2) is 4.98 Å². The van der Waals surface area contributed by atoms with E-state index in [1.165, 1.54) is 0 Å². The minimum absolute atomic E-state index is 0.101. The second kappa shape index (κ2) is 4.94. The molecule has 1 aliphatic heterocycles. The van der Waals surface area contributed by atoms with Crippen LogP contribution in [0.2, 0.25) is 0 Å². The van der Waals surface area contributed by atoms with Gasteiger partial charge in [0.05, 0.1) is 5.56 Å². The Morgan fingerprint density at radius 3 is 2.83 bits per heavy atom. The molecule has 5 nitrogen and oxygen atoms in total. The first kappa shape index (κ1) is 12.8. The summed E-state index contributed by atoms with van der Waals surface area (Å²) >= 11 is 0. The van der Waals surface area contributed by atoms with Crippen LogP contribution in [0.3, 0.4) is 0 Å². The molecule has 5 heteroatoms. The number of rotatable bonds is 3. The van der Waals surface area contributed by atoms with E-state index < -0.39 is 0 Å². The molecule has 1 atom stereocenters. The van der Waals surface area contributed by atoms with Gasteiger partial charge in [0.15, 0.2) is 0 Å². The van der Waals surface area contributed by atoms with Gasteiger partial charge in [-0.15, -0.1) is 0 Å². The van der Waals surface area contributed by atoms with E-state index in [-0.39, 0.29) is 5.84 Å². The van der Waals surface area contributed by atoms with Crippen LogP contribution in [-0.4, -0.2) is 48.9 Å². The van der Waals surface area contributed by atoms with E-state index in [1.807, 2.05) is 13.0 Å². The van der Waals surface area contributed by atoms with Gasteiger partial charge >= 0.3 is 0 Å². The summed E-state index contributed by atoms with van der Waals surface area (Å²) in [4.78, 5) is 8.89. The van der Waals surface area contributed by atoms with Crippen LogP contribution in [0.15, 0.2) is 12.3 Å². The van der Waals surface area contributed by atoms with E-state index >= 15 is 0 Å². The fraction of sp³-hybridized carbons (Fsp3) is 0.538. The molecule has 0 bridgehead atoms. The average molecular weight is 247 g/mol. The molecular formula is C13H21N5. The number of aryl methyl sites for hydroxylation is 1. The fourth-order valence-corrected chi connectivity index (χ4v) is 2.47. The van der Waals surface area contributed by atoms with Gasteiger partial charge in [-0.05, 0) is 39.1 Å². The number of hydrogen-bond donors (Lipinski definition) is 2. The first-order chi connectivity index (χ1) is 8.50. The molecule has 18 heavy (non-hydrogen) atoms. The molecule has 1 unspecified atom stereocenters. The number of aromatic nitrogens is 1. The van der Waals surface area contributed by atoms with Crippen LogP contribution in [0.4, 0.5) is 5.82 Å². The minimum Gasteiger partial charge on any atom is -0.384 e. The lowest BCUT2D eigenvalue weighted by atomic mass is 10.1. The molecule has 98 valence electrons. The molecule has 2 heterocycles. The second-order valence-corrected chi connectivity index (χ2v) is 5.09. The fourth-order valence-electron chi connectivity index (χ4n) is 2.47. The summed E-state index contributed by atoms with van der Waals surface area (Å²) in [5, 5.41) is 7.72. The summed E-state index contributed by atoms with van der Waals surface area (Å²) in [6.45, 7) is 3.89. The Bertz CT molecular complexity index is 455. The first-order valence-electron chi connectivity index (χ1n) is 6.22. The molecule has 0 amide bonds. The zero-order valence-corrected chi connectivity index (χ0v) is 11.3. The Morgan fingerprint density at radius 1 is 1.56 bits per heavy atom. The summed E-state index contributed by atoms with van der Waals surface area (Å²) in [5.74, 6) is 0.954. The quantitative estimate of drug-likeness (QED) is 0.613. The average Bonchev–Trinajstić information content (AvgIpc) is 2.77. The molecule has 3 N–H and O–H groups in total. The lowest BCUT2D eigenvalue weighted by molar-refractivity contribution is 0.315. The van der Waals surface area contributed by atoms with E-state index in [2.05, 4.69) is 28.9 Å². The summed E-state index contributed by atoms with van der Waals surface area (Å²) in [6, 6.07) is 2.45. The van der Waals surface area contributed by atoms with Gasteiger partial charge in [-0.1, -0.05) is 0 Å². The number of likely N-dealkylation sites (N-methyl/N-ethyl adjacent to an activating group) is 1. The van der Waals surface area contributed by atoms with Crippen molar-refractivity contribution >= 4 is 11.7 Å². The van der Waals surface area contributed by atoms with Crippen molar-refractivity contribution in [2.75, 3.05) is 32.1 Å². The molecule has 0 aliphatic carbocycles. The van der Waals surface area contributed by atoms with E-state index in [4.69, 9.17) is 11.1 Å². The standard InChI is InChI=1S/C13H21N5/c1-9-4-6-16-13(11(9)12(14)15)18-7-5-10(8-18)17(2)3/h4,6,10H,5,7-8H2,1-3H3,(H3,14,15). The number of amidine groups is 1. The van der Waals surface area contributed by atoms with Crippen molar-refractivity contribution in [2.24, 2.45) is 5.73 Å². The monoisotopic (exact) mass is 247 g/mol. The maximum absolute atomic E-state index is 7.72. The zero-order valence-electron chi connectivity index (χ0n) is 11.3. The van der Waals surface area contributed by atoms with Gasteiger partial charge in [0.1, 0.15) is 11.7 Å². The summed E-state index contributed by atoms with van der Waals surface area (Å²) < 4.78 is 0. The molecule has 1 saturated heterocycles. The number of nitrogens with zero attached hydrogens (tertiary/aromatic N) is 3. The highest BCUT2D eigenvalue weighted by atomic mass is 15.3. The van der Waals surface area contributed by atoms with E-state index in [0.29, 0.717) is 6.04 Å². The van der Waals surface area contributed by atoms with E-state index in [0.717, 1.165) is 36.5 Å². The SMILES string of the molecule is Cc1ccnc(N2CCC(N(C)C)C2)c1C(=N)N. The van der Waals surface area contributed by atoms with Gasteiger partial charge in [0.25, 0.3) is 0 Å². The highest BCUT2D eigenvalue weighted by molar-refractivity contribution is 6.01. The Labute approximate surface area is 108 Å². The van der Waals surface area contributed by atoms with Crippen LogP contribution in [0.25, 0.3) is 0 Å². The Balaban J connectivity index is 2.30. The Morgan fingerprint density at radius 2 is 2.28 bits per heavy atom. The van der Waals surface area contributed by atoms with Crippen molar-refractivity contribution in [2.45, 2.75) is 19.4 Å². The number of hydrogen-bond acceptors (Lipinski definition) is 4. The zero-order chi connectivity index (χ0) is 13.3. The number of nitrogens with one attached hydrogen (secondary N) is 1. The van der Waals surface area contributed by atoms with Gasteiger partial charge < -0.3 is 15.5 Å². The van der Waals surface area contributed by atoms with Crippen LogP contribution in [0.1, 0.15) is 17.5 Å². The summed E-state index contributed by atoms with van der Waals surface area (Å²) in [6.07, 6.45) is 2.92. The minimum atomic E-state index is 0.101. The molecule has 1 fully saturated rings. The Kier molecular flexibility index (Phi) is 3.52. The highest BCUT2D eigenvalue weighted by Crippen LogP contribution is 2.25. The van der Waals surface area contributed by atoms with Gasteiger partial charge in [-0.2, -0.15) is 0 Å². The Hall–Kier alpha value is -1.62. The predicted molar refractivity (Wildman–Crippen MR) is 74.3 cm³/mol. The van der Waals surface area contributed by atoms with Crippen molar-refractivity contribution in [1.82, 2.24) is 9.88 Å². The molecule has 0 aromatic carbocycles. The summed E-state index contributed by atoms with van der Waals surface area (Å²) in [5.41, 5.74) is 7.47. The lowest BCUT2D eigenvalue weighted by Crippen LogP contribution is -2.32. The van der Waals surface area contributed by atoms with E-state index in [9.17, 15) is 0 Å². The third-order valence-corrected chi connectivity index (χ3v) is 3.60. The molecule has 0 saturated carbocycles. The van der Waals surface area contributed by atoms with E-state index in [1.54, 1.807) is 6.20 Å². The first-order valence-corrected chi connectivity index (χ1v) is 6.22. The molecule has 2 rings (SSSR count). The van der Waals surface area contributed by atoms with Crippen LogP contribution < -0.4 is 10.6 Å². The third-order valence-electron chi connectivity index (χ3n) is 3.60. The molecule has 0 radical (unpaired) electrons. The largest absolute Gasteiger partial charge is 0.384 e. The second-order valence-electron chi connectivity index (χ2n) is 5.09. The van der Waals surface area contributed by atoms with Crippen LogP contribution >= 0.6 is 0 Å². The highest BCUT2D eigenvalue weighted by Gasteiger charge is 2.27.